The second-order valence-electron chi connectivity index (χ2n) is 6.09. The van der Waals surface area contributed by atoms with E-state index in [2.05, 4.69) is 10.3 Å². The smallest absolute Gasteiger partial charge is 0.268 e. The van der Waals surface area contributed by atoms with E-state index in [1.807, 2.05) is 13.0 Å². The molecule has 9 heteroatoms. The Hall–Kier alpha value is -3.38. The van der Waals surface area contributed by atoms with Crippen molar-refractivity contribution in [2.45, 2.75) is 20.0 Å². The van der Waals surface area contributed by atoms with Crippen LogP contribution in [0.15, 0.2) is 35.3 Å². The number of benzene rings is 1. The van der Waals surface area contributed by atoms with Gasteiger partial charge in [-0.25, -0.2) is 4.98 Å². The molecule has 0 aliphatic heterocycles. The highest BCUT2D eigenvalue weighted by Gasteiger charge is 2.19. The number of aromatic nitrogens is 1. The van der Waals surface area contributed by atoms with Crippen LogP contribution < -0.4 is 14.8 Å². The minimum atomic E-state index is -0.690. The lowest BCUT2D eigenvalue weighted by Gasteiger charge is -2.20. The van der Waals surface area contributed by atoms with Crippen molar-refractivity contribution in [1.29, 1.82) is 5.26 Å². The Morgan fingerprint density at radius 2 is 2.14 bits per heavy atom. The van der Waals surface area contributed by atoms with Crippen LogP contribution in [0.1, 0.15) is 19.4 Å². The molecule has 2 aromatic rings. The number of nitrogens with zero attached hydrogens (tertiary/aromatic N) is 3. The zero-order valence-corrected chi connectivity index (χ0v) is 17.4. The Morgan fingerprint density at radius 1 is 1.38 bits per heavy atom. The quantitative estimate of drug-likeness (QED) is 0.526. The van der Waals surface area contributed by atoms with Crippen LogP contribution in [-0.2, 0) is 9.59 Å². The van der Waals surface area contributed by atoms with Crippen LogP contribution in [0, 0.1) is 11.3 Å². The van der Waals surface area contributed by atoms with Crippen LogP contribution in [0.4, 0.5) is 5.13 Å². The highest BCUT2D eigenvalue weighted by Crippen LogP contribution is 2.30. The lowest BCUT2D eigenvalue weighted by atomic mass is 10.1. The highest BCUT2D eigenvalue weighted by molar-refractivity contribution is 7.13. The molecule has 0 fully saturated rings. The molecule has 0 radical (unpaired) electrons. The van der Waals surface area contributed by atoms with Gasteiger partial charge in [-0.2, -0.15) is 5.26 Å². The van der Waals surface area contributed by atoms with Crippen LogP contribution in [0.25, 0.3) is 6.08 Å². The van der Waals surface area contributed by atoms with Crippen molar-refractivity contribution in [2.75, 3.05) is 26.0 Å². The van der Waals surface area contributed by atoms with Gasteiger partial charge in [0, 0.05) is 25.7 Å². The van der Waals surface area contributed by atoms with E-state index in [1.54, 1.807) is 50.8 Å². The zero-order valence-electron chi connectivity index (χ0n) is 16.6. The van der Waals surface area contributed by atoms with Crippen LogP contribution in [-0.4, -0.2) is 48.5 Å². The molecule has 1 N–H and O–H groups in total. The molecule has 1 aromatic carbocycles. The molecule has 0 aliphatic rings. The topological polar surface area (TPSA) is 105 Å². The Balaban J connectivity index is 2.25. The molecule has 1 aromatic heterocycles. The van der Waals surface area contributed by atoms with Crippen molar-refractivity contribution in [3.05, 3.63) is 40.9 Å². The van der Waals surface area contributed by atoms with E-state index in [4.69, 9.17) is 9.47 Å². The lowest BCUT2D eigenvalue weighted by Crippen LogP contribution is -2.35. The third kappa shape index (κ3) is 6.05. The van der Waals surface area contributed by atoms with Gasteiger partial charge in [0.1, 0.15) is 11.6 Å². The summed E-state index contributed by atoms with van der Waals surface area (Å²) in [6.45, 7) is 3.86. The van der Waals surface area contributed by atoms with E-state index in [9.17, 15) is 14.9 Å². The predicted octanol–water partition coefficient (Wildman–Crippen LogP) is 2.94. The van der Waals surface area contributed by atoms with E-state index in [0.717, 1.165) is 0 Å². The lowest BCUT2D eigenvalue weighted by molar-refractivity contribution is -0.135. The van der Waals surface area contributed by atoms with Crippen LogP contribution in [0.2, 0.25) is 0 Å². The number of amides is 2. The van der Waals surface area contributed by atoms with Crippen molar-refractivity contribution in [3.8, 4) is 17.6 Å². The van der Waals surface area contributed by atoms with Gasteiger partial charge in [0.2, 0.25) is 0 Å². The number of thiazole rings is 1. The summed E-state index contributed by atoms with van der Waals surface area (Å²) in [5.41, 5.74) is 0.505. The maximum atomic E-state index is 12.3. The van der Waals surface area contributed by atoms with E-state index in [-0.39, 0.29) is 11.5 Å². The summed E-state index contributed by atoms with van der Waals surface area (Å²) in [6, 6.07) is 6.87. The number of rotatable bonds is 8. The summed E-state index contributed by atoms with van der Waals surface area (Å²) in [6.07, 6.45) is 2.32. The maximum absolute atomic E-state index is 12.3. The van der Waals surface area contributed by atoms with Gasteiger partial charge in [0.15, 0.2) is 22.7 Å². The third-order valence-corrected chi connectivity index (χ3v) is 4.38. The summed E-state index contributed by atoms with van der Waals surface area (Å²) in [5.74, 6) is 0.0858. The summed E-state index contributed by atoms with van der Waals surface area (Å²) < 4.78 is 11.3. The first-order chi connectivity index (χ1) is 13.8. The van der Waals surface area contributed by atoms with Gasteiger partial charge in [0.05, 0.1) is 6.61 Å². The number of ether oxygens (including phenoxy) is 2. The third-order valence-electron chi connectivity index (χ3n) is 3.69. The fourth-order valence-corrected chi connectivity index (χ4v) is 2.87. The van der Waals surface area contributed by atoms with E-state index in [1.165, 1.54) is 22.3 Å². The normalized spacial score (nSPS) is 11.9. The van der Waals surface area contributed by atoms with Gasteiger partial charge >= 0.3 is 0 Å². The fourth-order valence-electron chi connectivity index (χ4n) is 2.35. The van der Waals surface area contributed by atoms with E-state index >= 15 is 0 Å². The van der Waals surface area contributed by atoms with Crippen molar-refractivity contribution in [2.24, 2.45) is 0 Å². The Bertz CT molecular complexity index is 932. The SMILES string of the molecule is CCOc1cc(/C=C(\C#N)C(=O)Nc2nccs2)ccc1O[C@@H](C)C(=O)N(C)C. The van der Waals surface area contributed by atoms with Gasteiger partial charge in [0.25, 0.3) is 11.8 Å². The van der Waals surface area contributed by atoms with Gasteiger partial charge < -0.3 is 14.4 Å². The Labute approximate surface area is 173 Å². The second-order valence-corrected chi connectivity index (χ2v) is 6.99. The van der Waals surface area contributed by atoms with Crippen LogP contribution >= 0.6 is 11.3 Å². The molecule has 0 unspecified atom stereocenters. The van der Waals surface area contributed by atoms with Gasteiger partial charge in [-0.05, 0) is 37.6 Å². The van der Waals surface area contributed by atoms with Crippen molar-refractivity contribution < 1.29 is 19.1 Å². The highest BCUT2D eigenvalue weighted by atomic mass is 32.1. The molecule has 0 saturated carbocycles. The van der Waals surface area contributed by atoms with Crippen molar-refractivity contribution in [3.63, 3.8) is 0 Å². The summed E-state index contributed by atoms with van der Waals surface area (Å²) in [5, 5.41) is 14.1. The second kappa shape index (κ2) is 10.2. The number of carbonyl (C=O) groups excluding carboxylic acids is 2. The molecule has 1 heterocycles. The van der Waals surface area contributed by atoms with E-state index in [0.29, 0.717) is 28.8 Å². The molecule has 0 spiro atoms. The van der Waals surface area contributed by atoms with Gasteiger partial charge in [-0.3, -0.25) is 14.9 Å². The monoisotopic (exact) mass is 414 g/mol. The molecule has 8 nitrogen and oxygen atoms in total. The molecule has 2 rings (SSSR count). The average molecular weight is 414 g/mol. The molecule has 29 heavy (non-hydrogen) atoms. The minimum absolute atomic E-state index is 0.0764. The summed E-state index contributed by atoms with van der Waals surface area (Å²) in [4.78, 5) is 29.7. The first-order valence-electron chi connectivity index (χ1n) is 8.83. The molecule has 152 valence electrons. The number of hydrogen-bond acceptors (Lipinski definition) is 7. The van der Waals surface area contributed by atoms with Crippen LogP contribution in [0.3, 0.4) is 0 Å². The predicted molar refractivity (Wildman–Crippen MR) is 111 cm³/mol. The Morgan fingerprint density at radius 3 is 2.72 bits per heavy atom. The number of nitrogens with one attached hydrogen (secondary N) is 1. The van der Waals surface area contributed by atoms with Crippen molar-refractivity contribution in [1.82, 2.24) is 9.88 Å². The van der Waals surface area contributed by atoms with E-state index < -0.39 is 12.0 Å². The average Bonchev–Trinajstić information content (AvgIpc) is 3.20. The molecule has 0 aliphatic carbocycles. The summed E-state index contributed by atoms with van der Waals surface area (Å²) in [7, 11) is 3.30. The van der Waals surface area contributed by atoms with Crippen LogP contribution in [0.5, 0.6) is 11.5 Å². The first kappa shape index (κ1) is 21.9. The molecular formula is C20H22N4O4S. The Kier molecular flexibility index (Phi) is 7.74. The van der Waals surface area contributed by atoms with Gasteiger partial charge in [-0.1, -0.05) is 6.07 Å². The van der Waals surface area contributed by atoms with Gasteiger partial charge in [-0.15, -0.1) is 11.3 Å². The number of anilines is 1. The molecular weight excluding hydrogens is 392 g/mol. The number of nitriles is 1. The molecule has 1 atom stereocenters. The molecule has 0 saturated heterocycles. The number of hydrogen-bond donors (Lipinski definition) is 1. The largest absolute Gasteiger partial charge is 0.490 e. The molecule has 2 amide bonds. The minimum Gasteiger partial charge on any atom is -0.490 e. The number of likely N-dealkylation sites (N-methyl/N-ethyl adjacent to an activating group) is 1. The first-order valence-corrected chi connectivity index (χ1v) is 9.71. The summed E-state index contributed by atoms with van der Waals surface area (Å²) >= 11 is 1.26. The standard InChI is InChI=1S/C20H22N4O4S/c1-5-27-17-11-14(6-7-16(17)28-13(2)19(26)24(3)4)10-15(12-21)18(25)23-20-22-8-9-29-20/h6-11,13H,5H2,1-4H3,(H,22,23,25)/b15-10+/t13-/m0/s1. The number of carbonyl (C=O) groups is 2. The zero-order chi connectivity index (χ0) is 21.4. The maximum Gasteiger partial charge on any atom is 0.268 e. The molecule has 0 bridgehead atoms. The fraction of sp³-hybridized carbons (Fsp3) is 0.300. The van der Waals surface area contributed by atoms with Crippen molar-refractivity contribution >= 4 is 34.4 Å².